The highest BCUT2D eigenvalue weighted by Crippen LogP contribution is 2.20. The van der Waals surface area contributed by atoms with Crippen LogP contribution in [0.4, 0.5) is 17.3 Å². The quantitative estimate of drug-likeness (QED) is 0.764. The number of fused-ring (bicyclic) bond motifs is 1. The monoisotopic (exact) mass is 337 g/mol. The van der Waals surface area contributed by atoms with Crippen molar-refractivity contribution in [3.05, 3.63) is 52.4 Å². The lowest BCUT2D eigenvalue weighted by Gasteiger charge is -2.11. The number of carbonyl (C=O) groups excluding carboxylic acids is 1. The number of aryl methyl sites for hydroxylation is 2. The molecule has 0 saturated heterocycles. The molecule has 0 saturated carbocycles. The summed E-state index contributed by atoms with van der Waals surface area (Å²) in [4.78, 5) is 32.1. The van der Waals surface area contributed by atoms with Crippen molar-refractivity contribution in [1.29, 1.82) is 0 Å². The zero-order chi connectivity index (χ0) is 18.0. The Hall–Kier alpha value is -3.22. The summed E-state index contributed by atoms with van der Waals surface area (Å²) >= 11 is 0. The number of benzene rings is 1. The Labute approximate surface area is 144 Å². The first-order valence-electron chi connectivity index (χ1n) is 8.01. The second-order valence-electron chi connectivity index (χ2n) is 5.67. The largest absolute Gasteiger partial charge is 0.326 e. The molecule has 7 nitrogen and oxygen atoms in total. The third kappa shape index (κ3) is 3.50. The van der Waals surface area contributed by atoms with E-state index >= 15 is 0 Å². The van der Waals surface area contributed by atoms with Gasteiger partial charge in [-0.25, -0.2) is 4.98 Å². The van der Waals surface area contributed by atoms with Gasteiger partial charge in [0, 0.05) is 36.3 Å². The number of hydrogen-bond donors (Lipinski definition) is 2. The Morgan fingerprint density at radius 3 is 2.40 bits per heavy atom. The van der Waals surface area contributed by atoms with E-state index in [1.165, 1.54) is 13.0 Å². The van der Waals surface area contributed by atoms with Gasteiger partial charge in [0.05, 0.1) is 5.69 Å². The van der Waals surface area contributed by atoms with Crippen molar-refractivity contribution >= 4 is 34.3 Å². The van der Waals surface area contributed by atoms with E-state index in [2.05, 4.69) is 20.6 Å². The number of amides is 1. The lowest BCUT2D eigenvalue weighted by molar-refractivity contribution is -0.114. The maximum atomic E-state index is 12.0. The number of carbonyl (C=O) groups is 1. The first kappa shape index (κ1) is 16.6. The molecule has 0 bridgehead atoms. The fraction of sp³-hybridized carbons (Fsp3) is 0.222. The van der Waals surface area contributed by atoms with Crippen LogP contribution in [0.5, 0.6) is 0 Å². The van der Waals surface area contributed by atoms with Gasteiger partial charge in [0.25, 0.3) is 5.56 Å². The topological polar surface area (TPSA) is 88.9 Å². The van der Waals surface area contributed by atoms with Crippen molar-refractivity contribution in [2.24, 2.45) is 0 Å². The summed E-state index contributed by atoms with van der Waals surface area (Å²) in [5, 5.41) is 6.71. The average molecular weight is 337 g/mol. The average Bonchev–Trinajstić information content (AvgIpc) is 2.56. The molecule has 1 aromatic carbocycles. The molecule has 0 aliphatic carbocycles. The molecule has 0 aliphatic heterocycles. The second kappa shape index (κ2) is 6.72. The Balaban J connectivity index is 1.96. The van der Waals surface area contributed by atoms with Crippen LogP contribution in [0.1, 0.15) is 19.5 Å². The van der Waals surface area contributed by atoms with Gasteiger partial charge in [0.1, 0.15) is 5.65 Å². The van der Waals surface area contributed by atoms with Crippen LogP contribution in [0.2, 0.25) is 0 Å². The minimum Gasteiger partial charge on any atom is -0.326 e. The van der Waals surface area contributed by atoms with Crippen molar-refractivity contribution < 1.29 is 4.79 Å². The minimum atomic E-state index is -0.119. The van der Waals surface area contributed by atoms with Crippen LogP contribution in [-0.2, 0) is 11.3 Å². The fourth-order valence-electron chi connectivity index (χ4n) is 2.65. The molecule has 25 heavy (non-hydrogen) atoms. The normalized spacial score (nSPS) is 10.7. The number of anilines is 3. The van der Waals surface area contributed by atoms with E-state index in [-0.39, 0.29) is 11.5 Å². The van der Waals surface area contributed by atoms with Crippen LogP contribution in [0.15, 0.2) is 41.2 Å². The maximum Gasteiger partial charge on any atom is 0.252 e. The Bertz CT molecular complexity index is 993. The SMILES string of the molecule is CCn1c(=O)ccc2c(C)nc(Nc3ccc(NC(C)=O)cc3)nc21. The van der Waals surface area contributed by atoms with Gasteiger partial charge in [0.15, 0.2) is 0 Å². The van der Waals surface area contributed by atoms with E-state index < -0.39 is 0 Å². The predicted octanol–water partition coefficient (Wildman–Crippen LogP) is 2.82. The first-order valence-corrected chi connectivity index (χ1v) is 8.01. The number of aromatic nitrogens is 3. The molecule has 2 aromatic heterocycles. The lowest BCUT2D eigenvalue weighted by atomic mass is 10.2. The standard InChI is InChI=1S/C18H19N5O2/c1-4-23-16(25)10-9-15-11(2)19-18(22-17(15)23)21-14-7-5-13(6-8-14)20-12(3)24/h5-10H,4H2,1-3H3,(H,20,24)(H,19,21,22). The Kier molecular flexibility index (Phi) is 4.47. The smallest absolute Gasteiger partial charge is 0.252 e. The number of hydrogen-bond acceptors (Lipinski definition) is 5. The zero-order valence-electron chi connectivity index (χ0n) is 14.3. The van der Waals surface area contributed by atoms with E-state index in [0.717, 1.165) is 16.8 Å². The van der Waals surface area contributed by atoms with Gasteiger partial charge in [-0.3, -0.25) is 14.2 Å². The summed E-state index contributed by atoms with van der Waals surface area (Å²) in [6.07, 6.45) is 0. The molecule has 2 heterocycles. The van der Waals surface area contributed by atoms with Gasteiger partial charge in [-0.15, -0.1) is 0 Å². The van der Waals surface area contributed by atoms with Crippen molar-refractivity contribution in [3.63, 3.8) is 0 Å². The summed E-state index contributed by atoms with van der Waals surface area (Å²) in [7, 11) is 0. The van der Waals surface area contributed by atoms with Crippen LogP contribution in [-0.4, -0.2) is 20.4 Å². The Morgan fingerprint density at radius 1 is 1.08 bits per heavy atom. The molecule has 7 heteroatoms. The molecule has 0 radical (unpaired) electrons. The number of nitrogens with one attached hydrogen (secondary N) is 2. The highest BCUT2D eigenvalue weighted by atomic mass is 16.1. The molecule has 2 N–H and O–H groups in total. The molecular formula is C18H19N5O2. The molecule has 0 aliphatic rings. The van der Waals surface area contributed by atoms with Crippen LogP contribution in [0, 0.1) is 6.92 Å². The third-order valence-electron chi connectivity index (χ3n) is 3.81. The Morgan fingerprint density at radius 2 is 1.76 bits per heavy atom. The van der Waals surface area contributed by atoms with E-state index in [0.29, 0.717) is 23.8 Å². The molecule has 128 valence electrons. The van der Waals surface area contributed by atoms with Crippen molar-refractivity contribution in [2.75, 3.05) is 10.6 Å². The van der Waals surface area contributed by atoms with Gasteiger partial charge < -0.3 is 10.6 Å². The number of nitrogens with zero attached hydrogens (tertiary/aromatic N) is 3. The summed E-state index contributed by atoms with van der Waals surface area (Å²) < 4.78 is 1.62. The van der Waals surface area contributed by atoms with Gasteiger partial charge in [-0.2, -0.15) is 4.98 Å². The summed E-state index contributed by atoms with van der Waals surface area (Å²) in [5.74, 6) is 0.303. The fourth-order valence-corrected chi connectivity index (χ4v) is 2.65. The van der Waals surface area contributed by atoms with Gasteiger partial charge >= 0.3 is 0 Å². The van der Waals surface area contributed by atoms with Gasteiger partial charge in [-0.05, 0) is 44.2 Å². The number of rotatable bonds is 4. The van der Waals surface area contributed by atoms with E-state index in [9.17, 15) is 9.59 Å². The van der Waals surface area contributed by atoms with E-state index in [1.54, 1.807) is 22.8 Å². The molecule has 0 unspecified atom stereocenters. The molecule has 0 spiro atoms. The van der Waals surface area contributed by atoms with Crippen LogP contribution >= 0.6 is 0 Å². The van der Waals surface area contributed by atoms with Crippen LogP contribution in [0.3, 0.4) is 0 Å². The summed E-state index contributed by atoms with van der Waals surface area (Å²) in [5.41, 5.74) is 2.82. The first-order chi connectivity index (χ1) is 12.0. The number of pyridine rings is 1. The molecule has 3 aromatic rings. The molecular weight excluding hydrogens is 318 g/mol. The van der Waals surface area contributed by atoms with Gasteiger partial charge in [0.2, 0.25) is 11.9 Å². The molecule has 0 atom stereocenters. The molecule has 1 amide bonds. The van der Waals surface area contributed by atoms with E-state index in [4.69, 9.17) is 0 Å². The second-order valence-corrected chi connectivity index (χ2v) is 5.67. The molecule has 0 fully saturated rings. The predicted molar refractivity (Wildman–Crippen MR) is 98.2 cm³/mol. The maximum absolute atomic E-state index is 12.0. The van der Waals surface area contributed by atoms with Crippen LogP contribution < -0.4 is 16.2 Å². The highest BCUT2D eigenvalue weighted by molar-refractivity contribution is 5.88. The lowest BCUT2D eigenvalue weighted by Crippen LogP contribution is -2.19. The van der Waals surface area contributed by atoms with Crippen molar-refractivity contribution in [2.45, 2.75) is 27.3 Å². The van der Waals surface area contributed by atoms with E-state index in [1.807, 2.05) is 26.0 Å². The minimum absolute atomic E-state index is 0.0845. The van der Waals surface area contributed by atoms with Crippen molar-refractivity contribution in [3.8, 4) is 0 Å². The van der Waals surface area contributed by atoms with Gasteiger partial charge in [-0.1, -0.05) is 0 Å². The summed E-state index contributed by atoms with van der Waals surface area (Å²) in [6, 6.07) is 10.5. The van der Waals surface area contributed by atoms with Crippen molar-refractivity contribution in [1.82, 2.24) is 14.5 Å². The van der Waals surface area contributed by atoms with Crippen LogP contribution in [0.25, 0.3) is 11.0 Å². The highest BCUT2D eigenvalue weighted by Gasteiger charge is 2.09. The summed E-state index contributed by atoms with van der Waals surface area (Å²) in [6.45, 7) is 5.80. The zero-order valence-corrected chi connectivity index (χ0v) is 14.3. The third-order valence-corrected chi connectivity index (χ3v) is 3.81. The molecule has 3 rings (SSSR count).